The number of hydrogen-bond acceptors (Lipinski definition) is 12. The fraction of sp³-hybridized carbons (Fsp3) is 0.972. The van der Waals surface area contributed by atoms with Crippen LogP contribution in [0, 0.1) is 0 Å². The van der Waals surface area contributed by atoms with E-state index in [2.05, 4.69) is 27.5 Å². The van der Waals surface area contributed by atoms with Gasteiger partial charge in [0, 0.05) is 6.42 Å². The Hall–Kier alpha value is -0.990. The first-order chi connectivity index (χ1) is 25.2. The first-order valence-corrected chi connectivity index (χ1v) is 22.8. The molecule has 0 aromatic heterocycles. The predicted octanol–water partition coefficient (Wildman–Crippen LogP) is 5.71. The number of unbranched alkanes of at least 4 members (excludes halogenated alkanes) is 20. The van der Waals surface area contributed by atoms with Gasteiger partial charge in [0.05, 0.1) is 25.4 Å². The molecule has 6 N–H and O–H groups in total. The standard InChI is InChI=1S/C36H71NO14S2/c1-3-5-7-9-11-13-14-15-16-18-19-21-23-25-30(38)29(37-32(39)26-24-22-20-17-12-10-8-6-4-2)27-48-36-34(41)35(51-53(45,46)47)33(40)31(50-36)28-49-52(42,43)44/h29-31,33-36,38,40-41H,3-28H2,1-2H3,(H,37,39)(H,42,43,44)(H,45,46,47)/t29-,30+,31+,33-,34+,35-,36+/m0/s1. The van der Waals surface area contributed by atoms with Gasteiger partial charge in [-0.25, -0.2) is 8.37 Å². The van der Waals surface area contributed by atoms with E-state index >= 15 is 0 Å². The van der Waals surface area contributed by atoms with Gasteiger partial charge in [-0.15, -0.1) is 0 Å². The van der Waals surface area contributed by atoms with E-state index in [4.69, 9.17) is 14.0 Å². The largest absolute Gasteiger partial charge is 0.397 e. The first-order valence-electron chi connectivity index (χ1n) is 20.1. The molecule has 0 aromatic rings. The molecule has 1 rings (SSSR count). The number of rotatable bonds is 34. The molecule has 0 aliphatic carbocycles. The molecule has 0 aromatic carbocycles. The van der Waals surface area contributed by atoms with Crippen LogP contribution in [-0.4, -0.2) is 103 Å². The van der Waals surface area contributed by atoms with Crippen LogP contribution >= 0.6 is 0 Å². The fourth-order valence-corrected chi connectivity index (χ4v) is 7.29. The van der Waals surface area contributed by atoms with E-state index in [-0.39, 0.29) is 12.3 Å². The van der Waals surface area contributed by atoms with Crippen LogP contribution in [-0.2, 0) is 43.4 Å². The highest BCUT2D eigenvalue weighted by atomic mass is 32.3. The van der Waals surface area contributed by atoms with Crippen molar-refractivity contribution in [3.63, 3.8) is 0 Å². The van der Waals surface area contributed by atoms with Crippen molar-refractivity contribution < 1.29 is 63.9 Å². The Labute approximate surface area is 319 Å². The maximum atomic E-state index is 12.9. The van der Waals surface area contributed by atoms with E-state index in [9.17, 15) is 41.5 Å². The zero-order chi connectivity index (χ0) is 39.5. The molecule has 1 fully saturated rings. The lowest BCUT2D eigenvalue weighted by Gasteiger charge is -2.41. The highest BCUT2D eigenvalue weighted by molar-refractivity contribution is 7.81. The van der Waals surface area contributed by atoms with E-state index in [1.54, 1.807) is 0 Å². The summed E-state index contributed by atoms with van der Waals surface area (Å²) in [4.78, 5) is 12.9. The summed E-state index contributed by atoms with van der Waals surface area (Å²) in [5.74, 6) is -0.307. The van der Waals surface area contributed by atoms with Crippen molar-refractivity contribution in [2.75, 3.05) is 13.2 Å². The molecule has 1 amide bonds. The van der Waals surface area contributed by atoms with E-state index in [1.165, 1.54) is 89.9 Å². The van der Waals surface area contributed by atoms with Crippen LogP contribution in [0.4, 0.5) is 0 Å². The molecule has 1 aliphatic heterocycles. The lowest BCUT2D eigenvalue weighted by Crippen LogP contribution is -2.61. The van der Waals surface area contributed by atoms with Gasteiger partial charge in [0.25, 0.3) is 0 Å². The topological polar surface area (TPSA) is 235 Å². The van der Waals surface area contributed by atoms with Gasteiger partial charge in [0.1, 0.15) is 24.4 Å². The van der Waals surface area contributed by atoms with Gasteiger partial charge in [-0.3, -0.25) is 13.9 Å². The van der Waals surface area contributed by atoms with Gasteiger partial charge < -0.3 is 30.1 Å². The summed E-state index contributed by atoms with van der Waals surface area (Å²) in [5, 5.41) is 35.2. The molecule has 7 atom stereocenters. The number of carbonyl (C=O) groups excluding carboxylic acids is 1. The number of nitrogens with one attached hydrogen (secondary N) is 1. The van der Waals surface area contributed by atoms with E-state index in [1.807, 2.05) is 0 Å². The third-order valence-corrected chi connectivity index (χ3v) is 10.5. The lowest BCUT2D eigenvalue weighted by molar-refractivity contribution is -0.297. The van der Waals surface area contributed by atoms with Gasteiger partial charge in [0.2, 0.25) is 5.91 Å². The molecular weight excluding hydrogens is 735 g/mol. The summed E-state index contributed by atoms with van der Waals surface area (Å²) in [5.41, 5.74) is 0. The number of aliphatic hydroxyl groups is 3. The Morgan fingerprint density at radius 3 is 1.58 bits per heavy atom. The Balaban J connectivity index is 2.75. The Bertz CT molecular complexity index is 1140. The van der Waals surface area contributed by atoms with Gasteiger partial charge in [-0.1, -0.05) is 149 Å². The zero-order valence-electron chi connectivity index (χ0n) is 32.2. The minimum Gasteiger partial charge on any atom is -0.391 e. The third kappa shape index (κ3) is 25.7. The molecule has 0 unspecified atom stereocenters. The Morgan fingerprint density at radius 2 is 1.13 bits per heavy atom. The van der Waals surface area contributed by atoms with Crippen molar-refractivity contribution in [3.05, 3.63) is 0 Å². The van der Waals surface area contributed by atoms with Crippen molar-refractivity contribution in [2.24, 2.45) is 0 Å². The fourth-order valence-electron chi connectivity index (χ4n) is 6.48. The minimum atomic E-state index is -5.23. The molecule has 17 heteroatoms. The van der Waals surface area contributed by atoms with Gasteiger partial charge >= 0.3 is 20.8 Å². The predicted molar refractivity (Wildman–Crippen MR) is 201 cm³/mol. The average Bonchev–Trinajstić information content (AvgIpc) is 3.09. The van der Waals surface area contributed by atoms with Crippen LogP contribution in [0.15, 0.2) is 0 Å². The molecule has 0 radical (unpaired) electrons. The highest BCUT2D eigenvalue weighted by Crippen LogP contribution is 2.27. The second-order valence-electron chi connectivity index (χ2n) is 14.4. The molecule has 0 spiro atoms. The monoisotopic (exact) mass is 805 g/mol. The van der Waals surface area contributed by atoms with Crippen LogP contribution in [0.1, 0.15) is 168 Å². The van der Waals surface area contributed by atoms with Crippen molar-refractivity contribution >= 4 is 26.7 Å². The maximum Gasteiger partial charge on any atom is 0.397 e. The van der Waals surface area contributed by atoms with Crippen LogP contribution < -0.4 is 5.32 Å². The van der Waals surface area contributed by atoms with E-state index < -0.39 is 76.9 Å². The number of amides is 1. The van der Waals surface area contributed by atoms with E-state index in [0.29, 0.717) is 19.3 Å². The number of ether oxygens (including phenoxy) is 2. The maximum absolute atomic E-state index is 12.9. The molecule has 1 saturated heterocycles. The van der Waals surface area contributed by atoms with Crippen LogP contribution in [0.5, 0.6) is 0 Å². The second-order valence-corrected chi connectivity index (χ2v) is 16.5. The molecule has 15 nitrogen and oxygen atoms in total. The first kappa shape index (κ1) is 50.0. The van der Waals surface area contributed by atoms with Gasteiger partial charge in [-0.2, -0.15) is 16.8 Å². The molecule has 1 heterocycles. The SMILES string of the molecule is CCCCCCCCCCCCCCC[C@@H](O)[C@H](CO[C@@H]1O[C@H](COS(=O)(=O)O)[C@H](O)[C@H](OS(=O)(=O)O)[C@H]1O)NC(=O)CCCCCCCCCCC. The lowest BCUT2D eigenvalue weighted by atomic mass is 9.99. The zero-order valence-corrected chi connectivity index (χ0v) is 33.8. The molecule has 0 saturated carbocycles. The van der Waals surface area contributed by atoms with Crippen LogP contribution in [0.2, 0.25) is 0 Å². The van der Waals surface area contributed by atoms with Crippen LogP contribution in [0.25, 0.3) is 0 Å². The summed E-state index contributed by atoms with van der Waals surface area (Å²) in [7, 11) is -10.2. The summed E-state index contributed by atoms with van der Waals surface area (Å²) < 4.78 is 83.1. The van der Waals surface area contributed by atoms with Crippen molar-refractivity contribution in [3.8, 4) is 0 Å². The summed E-state index contributed by atoms with van der Waals surface area (Å²) in [6.45, 7) is 2.94. The van der Waals surface area contributed by atoms with Crippen molar-refractivity contribution in [1.29, 1.82) is 0 Å². The van der Waals surface area contributed by atoms with Crippen LogP contribution in [0.3, 0.4) is 0 Å². The van der Waals surface area contributed by atoms with Crippen molar-refractivity contribution in [1.82, 2.24) is 5.32 Å². The average molecular weight is 806 g/mol. The second kappa shape index (κ2) is 29.3. The number of carbonyl (C=O) groups is 1. The molecule has 316 valence electrons. The van der Waals surface area contributed by atoms with Crippen molar-refractivity contribution in [2.45, 2.75) is 211 Å². The molecular formula is C36H71NO14S2. The molecule has 0 bridgehead atoms. The summed E-state index contributed by atoms with van der Waals surface area (Å²) in [6, 6.07) is -0.963. The smallest absolute Gasteiger partial charge is 0.391 e. The summed E-state index contributed by atoms with van der Waals surface area (Å²) >= 11 is 0. The summed E-state index contributed by atoms with van der Waals surface area (Å²) in [6.07, 6.45) is 14.7. The molecule has 1 aliphatic rings. The normalized spacial score (nSPS) is 22.1. The quantitative estimate of drug-likeness (QED) is 0.0338. The molecule has 53 heavy (non-hydrogen) atoms. The van der Waals surface area contributed by atoms with E-state index in [0.717, 1.165) is 38.5 Å². The Kier molecular flexibility index (Phi) is 27.6. The Morgan fingerprint density at radius 1 is 0.679 bits per heavy atom. The van der Waals surface area contributed by atoms with Gasteiger partial charge in [-0.05, 0) is 12.8 Å². The third-order valence-electron chi connectivity index (χ3n) is 9.62. The number of hydrogen-bond donors (Lipinski definition) is 6. The highest BCUT2D eigenvalue weighted by Gasteiger charge is 2.48. The minimum absolute atomic E-state index is 0.228. The van der Waals surface area contributed by atoms with Gasteiger partial charge in [0.15, 0.2) is 6.29 Å². The number of aliphatic hydroxyl groups excluding tert-OH is 3.